The lowest BCUT2D eigenvalue weighted by Gasteiger charge is -2.35. The Bertz CT molecular complexity index is 283. The van der Waals surface area contributed by atoms with Gasteiger partial charge in [-0.3, -0.25) is 4.79 Å². The summed E-state index contributed by atoms with van der Waals surface area (Å²) in [4.78, 5) is 14.8. The Balaban J connectivity index is 2.95. The molecule has 0 heterocycles. The van der Waals surface area contributed by atoms with Gasteiger partial charge in [0.15, 0.2) is 0 Å². The van der Waals surface area contributed by atoms with Crippen LogP contribution in [0.2, 0.25) is 0 Å². The molecule has 0 atom stereocenters. The van der Waals surface area contributed by atoms with E-state index in [0.717, 1.165) is 32.2 Å². The number of carbonyl (C=O) groups is 1. The lowest BCUT2D eigenvalue weighted by Crippen LogP contribution is -2.51. The van der Waals surface area contributed by atoms with Crippen molar-refractivity contribution in [3.8, 4) is 0 Å². The number of carbonyl (C=O) groups excluding carboxylic acids is 1. The fraction of sp³-hybridized carbons (Fsp3) is 0.833. The zero-order chi connectivity index (χ0) is 12.3. The SMILES string of the molecule is CCN(C(=O)C1(C(N)=S)CCCC1)C(C)C. The molecule has 0 radical (unpaired) electrons. The average Bonchev–Trinajstić information content (AvgIpc) is 2.67. The minimum atomic E-state index is -0.546. The molecular weight excluding hydrogens is 220 g/mol. The molecule has 0 saturated heterocycles. The van der Waals surface area contributed by atoms with Crippen molar-refractivity contribution in [1.29, 1.82) is 0 Å². The first-order valence-corrected chi connectivity index (χ1v) is 6.47. The second kappa shape index (κ2) is 5.13. The van der Waals surface area contributed by atoms with Crippen molar-refractivity contribution in [2.24, 2.45) is 11.1 Å². The molecule has 0 aromatic heterocycles. The van der Waals surface area contributed by atoms with E-state index in [1.165, 1.54) is 0 Å². The van der Waals surface area contributed by atoms with Gasteiger partial charge >= 0.3 is 0 Å². The van der Waals surface area contributed by atoms with Gasteiger partial charge in [-0.05, 0) is 33.6 Å². The number of hydrogen-bond acceptors (Lipinski definition) is 2. The third-order valence-electron chi connectivity index (χ3n) is 3.56. The van der Waals surface area contributed by atoms with Crippen molar-refractivity contribution in [2.45, 2.75) is 52.5 Å². The van der Waals surface area contributed by atoms with Crippen molar-refractivity contribution < 1.29 is 4.79 Å². The summed E-state index contributed by atoms with van der Waals surface area (Å²) in [5.74, 6) is 0.134. The number of amides is 1. The number of nitrogens with two attached hydrogens (primary N) is 1. The van der Waals surface area contributed by atoms with Crippen molar-refractivity contribution in [3.63, 3.8) is 0 Å². The molecule has 1 fully saturated rings. The molecule has 1 aliphatic rings. The number of hydrogen-bond donors (Lipinski definition) is 1. The fourth-order valence-corrected chi connectivity index (χ4v) is 2.85. The van der Waals surface area contributed by atoms with E-state index in [2.05, 4.69) is 0 Å². The smallest absolute Gasteiger partial charge is 0.235 e. The van der Waals surface area contributed by atoms with Gasteiger partial charge < -0.3 is 10.6 Å². The molecule has 2 N–H and O–H groups in total. The molecule has 92 valence electrons. The van der Waals surface area contributed by atoms with Gasteiger partial charge in [-0.25, -0.2) is 0 Å². The first-order valence-electron chi connectivity index (χ1n) is 6.06. The van der Waals surface area contributed by atoms with Crippen LogP contribution in [0.25, 0.3) is 0 Å². The molecule has 1 rings (SSSR count). The maximum absolute atomic E-state index is 12.5. The highest BCUT2D eigenvalue weighted by atomic mass is 32.1. The summed E-state index contributed by atoms with van der Waals surface area (Å²) >= 11 is 5.13. The van der Waals surface area contributed by atoms with E-state index in [4.69, 9.17) is 18.0 Å². The van der Waals surface area contributed by atoms with Gasteiger partial charge in [0.25, 0.3) is 0 Å². The van der Waals surface area contributed by atoms with Crippen LogP contribution in [0.1, 0.15) is 46.5 Å². The van der Waals surface area contributed by atoms with Crippen molar-refractivity contribution in [3.05, 3.63) is 0 Å². The van der Waals surface area contributed by atoms with E-state index < -0.39 is 5.41 Å². The van der Waals surface area contributed by atoms with Crippen molar-refractivity contribution >= 4 is 23.1 Å². The Morgan fingerprint density at radius 2 is 1.94 bits per heavy atom. The van der Waals surface area contributed by atoms with Crippen molar-refractivity contribution in [1.82, 2.24) is 4.90 Å². The molecular formula is C12H22N2OS. The van der Waals surface area contributed by atoms with Gasteiger partial charge in [-0.15, -0.1) is 0 Å². The topological polar surface area (TPSA) is 46.3 Å². The second-order valence-electron chi connectivity index (χ2n) is 4.84. The monoisotopic (exact) mass is 242 g/mol. The van der Waals surface area contributed by atoms with Gasteiger partial charge in [-0.1, -0.05) is 25.1 Å². The molecule has 0 unspecified atom stereocenters. The van der Waals surface area contributed by atoms with E-state index in [1.54, 1.807) is 0 Å². The summed E-state index contributed by atoms with van der Waals surface area (Å²) in [6, 6.07) is 0.212. The Kier molecular flexibility index (Phi) is 4.30. The Hall–Kier alpha value is -0.640. The van der Waals surface area contributed by atoms with Crippen LogP contribution >= 0.6 is 12.2 Å². The quantitative estimate of drug-likeness (QED) is 0.768. The molecule has 0 spiro atoms. The summed E-state index contributed by atoms with van der Waals surface area (Å²) in [6.45, 7) is 6.79. The summed E-state index contributed by atoms with van der Waals surface area (Å²) in [7, 11) is 0. The largest absolute Gasteiger partial charge is 0.392 e. The predicted octanol–water partition coefficient (Wildman–Crippen LogP) is 2.09. The highest BCUT2D eigenvalue weighted by Gasteiger charge is 2.46. The third-order valence-corrected chi connectivity index (χ3v) is 3.95. The normalized spacial score (nSPS) is 18.8. The summed E-state index contributed by atoms with van der Waals surface area (Å²) in [5, 5.41) is 0. The molecule has 1 aliphatic carbocycles. The molecule has 16 heavy (non-hydrogen) atoms. The Morgan fingerprint density at radius 3 is 2.25 bits per heavy atom. The second-order valence-corrected chi connectivity index (χ2v) is 5.28. The molecule has 0 aliphatic heterocycles. The summed E-state index contributed by atoms with van der Waals surface area (Å²) in [6.07, 6.45) is 3.76. The van der Waals surface area contributed by atoms with Gasteiger partial charge in [0.2, 0.25) is 5.91 Å². The fourth-order valence-electron chi connectivity index (χ4n) is 2.56. The van der Waals surface area contributed by atoms with E-state index in [1.807, 2.05) is 25.7 Å². The van der Waals surface area contributed by atoms with Crippen LogP contribution in [0, 0.1) is 5.41 Å². The van der Waals surface area contributed by atoms with Crippen LogP contribution < -0.4 is 5.73 Å². The molecule has 0 bridgehead atoms. The number of nitrogens with zero attached hydrogens (tertiary/aromatic N) is 1. The van der Waals surface area contributed by atoms with Crippen LogP contribution in [-0.4, -0.2) is 28.4 Å². The predicted molar refractivity (Wildman–Crippen MR) is 70.2 cm³/mol. The minimum absolute atomic E-state index is 0.134. The van der Waals surface area contributed by atoms with Crippen LogP contribution in [0.5, 0.6) is 0 Å². The number of rotatable bonds is 4. The molecule has 1 amide bonds. The highest BCUT2D eigenvalue weighted by Crippen LogP contribution is 2.40. The Morgan fingerprint density at radius 1 is 1.44 bits per heavy atom. The highest BCUT2D eigenvalue weighted by molar-refractivity contribution is 7.80. The standard InChI is InChI=1S/C12H22N2OS/c1-4-14(9(2)3)11(15)12(10(13)16)7-5-6-8-12/h9H,4-8H2,1-3H3,(H2,13,16). The maximum atomic E-state index is 12.5. The van der Waals surface area contributed by atoms with Crippen LogP contribution in [0.15, 0.2) is 0 Å². The minimum Gasteiger partial charge on any atom is -0.392 e. The third kappa shape index (κ3) is 2.21. The number of thiocarbonyl (C=S) groups is 1. The molecule has 4 heteroatoms. The van der Waals surface area contributed by atoms with E-state index in [-0.39, 0.29) is 11.9 Å². The van der Waals surface area contributed by atoms with Gasteiger partial charge in [0.1, 0.15) is 0 Å². The van der Waals surface area contributed by atoms with Gasteiger partial charge in [-0.2, -0.15) is 0 Å². The zero-order valence-electron chi connectivity index (χ0n) is 10.5. The average molecular weight is 242 g/mol. The van der Waals surface area contributed by atoms with E-state index >= 15 is 0 Å². The lowest BCUT2D eigenvalue weighted by molar-refractivity contribution is -0.139. The van der Waals surface area contributed by atoms with E-state index in [0.29, 0.717) is 4.99 Å². The summed E-state index contributed by atoms with van der Waals surface area (Å²) in [5.41, 5.74) is 5.26. The zero-order valence-corrected chi connectivity index (χ0v) is 11.3. The van der Waals surface area contributed by atoms with Crippen molar-refractivity contribution in [2.75, 3.05) is 6.54 Å². The first-order chi connectivity index (χ1) is 7.45. The lowest BCUT2D eigenvalue weighted by atomic mass is 9.84. The molecule has 0 aromatic carbocycles. The Labute approximate surface area is 103 Å². The van der Waals surface area contributed by atoms with Crippen LogP contribution in [-0.2, 0) is 4.79 Å². The van der Waals surface area contributed by atoms with Crippen LogP contribution in [0.3, 0.4) is 0 Å². The molecule has 3 nitrogen and oxygen atoms in total. The maximum Gasteiger partial charge on any atom is 0.235 e. The van der Waals surface area contributed by atoms with Gasteiger partial charge in [0, 0.05) is 12.6 Å². The van der Waals surface area contributed by atoms with Gasteiger partial charge in [0.05, 0.1) is 10.4 Å². The summed E-state index contributed by atoms with van der Waals surface area (Å²) < 4.78 is 0. The van der Waals surface area contributed by atoms with E-state index in [9.17, 15) is 4.79 Å². The first kappa shape index (κ1) is 13.4. The molecule has 0 aromatic rings. The van der Waals surface area contributed by atoms with Crippen LogP contribution in [0.4, 0.5) is 0 Å². The molecule has 1 saturated carbocycles.